The summed E-state index contributed by atoms with van der Waals surface area (Å²) in [5.41, 5.74) is 1.41. The molecule has 0 spiro atoms. The Morgan fingerprint density at radius 3 is 2.03 bits per heavy atom. The highest BCUT2D eigenvalue weighted by molar-refractivity contribution is 6.06. The maximum Gasteiger partial charge on any atom is 0.513 e. The Balaban J connectivity index is 1.63. The van der Waals surface area contributed by atoms with Gasteiger partial charge in [-0.25, -0.2) is 9.18 Å². The predicted octanol–water partition coefficient (Wildman–Crippen LogP) is 4.87. The van der Waals surface area contributed by atoms with Gasteiger partial charge in [-0.3, -0.25) is 9.59 Å². The summed E-state index contributed by atoms with van der Waals surface area (Å²) < 4.78 is 22.9. The van der Waals surface area contributed by atoms with Crippen molar-refractivity contribution in [2.45, 2.75) is 6.92 Å². The van der Waals surface area contributed by atoms with Gasteiger partial charge in [0.05, 0.1) is 6.61 Å². The first-order valence-corrected chi connectivity index (χ1v) is 9.37. The van der Waals surface area contributed by atoms with Crippen LogP contribution >= 0.6 is 0 Å². The molecule has 0 aromatic heterocycles. The molecular formula is C23H19FN2O5. The van der Waals surface area contributed by atoms with E-state index in [1.165, 1.54) is 42.5 Å². The molecule has 0 aliphatic heterocycles. The maximum atomic E-state index is 13.3. The minimum absolute atomic E-state index is 0.180. The van der Waals surface area contributed by atoms with Crippen LogP contribution in [0.1, 0.15) is 27.6 Å². The standard InChI is InChI=1S/C23H19FN2O5/c1-2-30-23(29)31-20-11-9-15(10-12-20)21(27)25-18-7-4-8-19(14-18)26-22(28)16-5-3-6-17(24)13-16/h3-14H,2H2,1H3,(H,25,27)(H,26,28). The second-order valence-corrected chi connectivity index (χ2v) is 6.31. The van der Waals surface area contributed by atoms with Crippen molar-refractivity contribution in [3.05, 3.63) is 89.7 Å². The van der Waals surface area contributed by atoms with E-state index >= 15 is 0 Å². The lowest BCUT2D eigenvalue weighted by molar-refractivity contribution is 0.101. The van der Waals surface area contributed by atoms with E-state index < -0.39 is 23.8 Å². The molecule has 31 heavy (non-hydrogen) atoms. The summed E-state index contributed by atoms with van der Waals surface area (Å²) >= 11 is 0. The van der Waals surface area contributed by atoms with Gasteiger partial charge in [-0.15, -0.1) is 0 Å². The van der Waals surface area contributed by atoms with E-state index in [1.807, 2.05) is 0 Å². The van der Waals surface area contributed by atoms with Crippen LogP contribution in [0.3, 0.4) is 0 Å². The van der Waals surface area contributed by atoms with Gasteiger partial charge < -0.3 is 20.1 Å². The number of benzene rings is 3. The zero-order valence-corrected chi connectivity index (χ0v) is 16.6. The summed E-state index contributed by atoms with van der Waals surface area (Å²) in [6.45, 7) is 1.86. The number of hydrogen-bond donors (Lipinski definition) is 2. The Hall–Kier alpha value is -4.20. The molecule has 0 aliphatic carbocycles. The van der Waals surface area contributed by atoms with Crippen molar-refractivity contribution in [1.29, 1.82) is 0 Å². The van der Waals surface area contributed by atoms with E-state index in [0.717, 1.165) is 6.07 Å². The molecule has 3 aromatic carbocycles. The van der Waals surface area contributed by atoms with Crippen molar-refractivity contribution in [1.82, 2.24) is 0 Å². The maximum absolute atomic E-state index is 13.3. The lowest BCUT2D eigenvalue weighted by Gasteiger charge is -2.10. The molecule has 0 aliphatic rings. The van der Waals surface area contributed by atoms with E-state index in [1.54, 1.807) is 31.2 Å². The molecule has 7 nitrogen and oxygen atoms in total. The molecule has 0 saturated heterocycles. The quantitative estimate of drug-likeness (QED) is 0.437. The smallest absolute Gasteiger partial charge is 0.434 e. The summed E-state index contributed by atoms with van der Waals surface area (Å²) in [4.78, 5) is 36.0. The monoisotopic (exact) mass is 422 g/mol. The van der Waals surface area contributed by atoms with Gasteiger partial charge in [-0.2, -0.15) is 0 Å². The largest absolute Gasteiger partial charge is 0.513 e. The van der Waals surface area contributed by atoms with Gasteiger partial charge >= 0.3 is 6.16 Å². The first-order chi connectivity index (χ1) is 14.9. The fourth-order valence-electron chi connectivity index (χ4n) is 2.63. The molecule has 0 radical (unpaired) electrons. The highest BCUT2D eigenvalue weighted by Gasteiger charge is 2.11. The fourth-order valence-corrected chi connectivity index (χ4v) is 2.63. The molecule has 0 heterocycles. The number of nitrogens with one attached hydrogen (secondary N) is 2. The summed E-state index contributed by atoms with van der Waals surface area (Å²) in [6.07, 6.45) is -0.822. The molecule has 2 N–H and O–H groups in total. The lowest BCUT2D eigenvalue weighted by atomic mass is 10.2. The number of halogens is 1. The van der Waals surface area contributed by atoms with Crippen LogP contribution < -0.4 is 15.4 Å². The van der Waals surface area contributed by atoms with Crippen LogP contribution in [-0.4, -0.2) is 24.6 Å². The van der Waals surface area contributed by atoms with Gasteiger partial charge in [0.1, 0.15) is 11.6 Å². The van der Waals surface area contributed by atoms with Gasteiger partial charge in [0.25, 0.3) is 11.8 Å². The van der Waals surface area contributed by atoms with Crippen molar-refractivity contribution in [2.75, 3.05) is 17.2 Å². The van der Waals surface area contributed by atoms with E-state index in [9.17, 15) is 18.8 Å². The van der Waals surface area contributed by atoms with Crippen molar-refractivity contribution in [2.24, 2.45) is 0 Å². The van der Waals surface area contributed by atoms with Crippen molar-refractivity contribution in [3.63, 3.8) is 0 Å². The molecule has 0 unspecified atom stereocenters. The topological polar surface area (TPSA) is 93.7 Å². The molecule has 3 rings (SSSR count). The van der Waals surface area contributed by atoms with Crippen LogP contribution in [0.15, 0.2) is 72.8 Å². The number of rotatable bonds is 6. The average molecular weight is 422 g/mol. The minimum atomic E-state index is -0.822. The SMILES string of the molecule is CCOC(=O)Oc1ccc(C(=O)Nc2cccc(NC(=O)c3cccc(F)c3)c2)cc1. The third kappa shape index (κ3) is 6.14. The Bertz CT molecular complexity index is 1100. The van der Waals surface area contributed by atoms with Gasteiger partial charge in [0.15, 0.2) is 0 Å². The van der Waals surface area contributed by atoms with Gasteiger partial charge in [0.2, 0.25) is 0 Å². The Morgan fingerprint density at radius 1 is 0.806 bits per heavy atom. The highest BCUT2D eigenvalue weighted by Crippen LogP contribution is 2.19. The van der Waals surface area contributed by atoms with Crippen molar-refractivity contribution >= 4 is 29.3 Å². The third-order valence-corrected chi connectivity index (χ3v) is 4.04. The summed E-state index contributed by atoms with van der Waals surface area (Å²) in [5.74, 6) is -1.12. The van der Waals surface area contributed by atoms with Crippen LogP contribution in [0, 0.1) is 5.82 Å². The normalized spacial score (nSPS) is 10.1. The Kier molecular flexibility index (Phi) is 6.95. The Labute approximate surface area is 177 Å². The van der Waals surface area contributed by atoms with Crippen molar-refractivity contribution < 1.29 is 28.2 Å². The van der Waals surface area contributed by atoms with Gasteiger partial charge in [0, 0.05) is 22.5 Å². The van der Waals surface area contributed by atoms with E-state index in [2.05, 4.69) is 15.4 Å². The molecular weight excluding hydrogens is 403 g/mol. The Morgan fingerprint density at radius 2 is 1.42 bits per heavy atom. The second-order valence-electron chi connectivity index (χ2n) is 6.31. The first kappa shape index (κ1) is 21.5. The second kappa shape index (κ2) is 10.0. The molecule has 0 saturated carbocycles. The van der Waals surface area contributed by atoms with Gasteiger partial charge in [-0.1, -0.05) is 12.1 Å². The molecule has 2 amide bonds. The number of anilines is 2. The van der Waals surface area contributed by atoms with Crippen LogP contribution in [0.4, 0.5) is 20.6 Å². The molecule has 8 heteroatoms. The zero-order valence-electron chi connectivity index (χ0n) is 16.6. The highest BCUT2D eigenvalue weighted by atomic mass is 19.1. The van der Waals surface area contributed by atoms with Crippen molar-refractivity contribution in [3.8, 4) is 5.75 Å². The number of carbonyl (C=O) groups is 3. The summed E-state index contributed by atoms with van der Waals surface area (Å²) in [6, 6.07) is 17.8. The molecule has 3 aromatic rings. The zero-order chi connectivity index (χ0) is 22.2. The lowest BCUT2D eigenvalue weighted by Crippen LogP contribution is -2.14. The van der Waals surface area contributed by atoms with Crippen LogP contribution in [0.5, 0.6) is 5.75 Å². The van der Waals surface area contributed by atoms with E-state index in [-0.39, 0.29) is 17.9 Å². The number of carbonyl (C=O) groups excluding carboxylic acids is 3. The number of hydrogen-bond acceptors (Lipinski definition) is 5. The van der Waals surface area contributed by atoms with Crippen LogP contribution in [0.25, 0.3) is 0 Å². The molecule has 0 fully saturated rings. The molecule has 0 atom stereocenters. The number of amides is 2. The van der Waals surface area contributed by atoms with E-state index in [4.69, 9.17) is 4.74 Å². The predicted molar refractivity (Wildman–Crippen MR) is 113 cm³/mol. The number of ether oxygens (including phenoxy) is 2. The van der Waals surface area contributed by atoms with Crippen LogP contribution in [0.2, 0.25) is 0 Å². The molecule has 158 valence electrons. The summed E-state index contributed by atoms with van der Waals surface area (Å²) in [5, 5.41) is 5.38. The first-order valence-electron chi connectivity index (χ1n) is 9.37. The fraction of sp³-hybridized carbons (Fsp3) is 0.0870. The minimum Gasteiger partial charge on any atom is -0.434 e. The van der Waals surface area contributed by atoms with Crippen LogP contribution in [-0.2, 0) is 4.74 Å². The van der Waals surface area contributed by atoms with E-state index in [0.29, 0.717) is 16.9 Å². The van der Waals surface area contributed by atoms with Gasteiger partial charge in [-0.05, 0) is 67.6 Å². The average Bonchev–Trinajstić information content (AvgIpc) is 2.74. The molecule has 0 bridgehead atoms. The summed E-state index contributed by atoms with van der Waals surface area (Å²) in [7, 11) is 0. The third-order valence-electron chi connectivity index (χ3n) is 4.04.